The van der Waals surface area contributed by atoms with Crippen LogP contribution in [-0.2, 0) is 13.1 Å². The molecule has 7 heteroatoms. The maximum absolute atomic E-state index is 13.0. The van der Waals surface area contributed by atoms with E-state index in [4.69, 9.17) is 16.3 Å². The predicted octanol–water partition coefficient (Wildman–Crippen LogP) is 7.51. The molecule has 1 saturated heterocycles. The molecule has 0 spiro atoms. The quantitative estimate of drug-likeness (QED) is 0.216. The molecule has 1 aliphatic carbocycles. The second kappa shape index (κ2) is 12.9. The Labute approximate surface area is 260 Å². The van der Waals surface area contributed by atoms with Crippen LogP contribution in [-0.4, -0.2) is 65.6 Å². The summed E-state index contributed by atoms with van der Waals surface area (Å²) in [6.07, 6.45) is 7.95. The minimum atomic E-state index is -0.0778. The SMILES string of the molecule is CCn1c2ccccc2c2cc(CN3CCC(Oc4ccc(C(=O)NCC5(N(C)C)CCCCC5)cc4Cl)CC3)ccc21. The van der Waals surface area contributed by atoms with Crippen molar-refractivity contribution in [2.24, 2.45) is 0 Å². The fraction of sp³-hybridized carbons (Fsp3) is 0.472. The van der Waals surface area contributed by atoms with Crippen LogP contribution in [0.25, 0.3) is 21.8 Å². The molecule has 228 valence electrons. The van der Waals surface area contributed by atoms with E-state index in [1.807, 2.05) is 12.1 Å². The Bertz CT molecular complexity index is 1580. The van der Waals surface area contributed by atoms with Crippen LogP contribution in [0.4, 0.5) is 0 Å². The molecule has 4 aromatic rings. The van der Waals surface area contributed by atoms with E-state index in [1.165, 1.54) is 46.6 Å². The topological polar surface area (TPSA) is 49.7 Å². The highest BCUT2D eigenvalue weighted by atomic mass is 35.5. The molecule has 1 aromatic heterocycles. The Hall–Kier alpha value is -3.06. The molecule has 1 aliphatic heterocycles. The van der Waals surface area contributed by atoms with Gasteiger partial charge in [0.05, 0.1) is 5.02 Å². The molecule has 0 bridgehead atoms. The van der Waals surface area contributed by atoms with Crippen molar-refractivity contribution in [3.05, 3.63) is 76.8 Å². The summed E-state index contributed by atoms with van der Waals surface area (Å²) in [4.78, 5) is 17.8. The lowest BCUT2D eigenvalue weighted by molar-refractivity contribution is 0.0799. The first-order chi connectivity index (χ1) is 20.9. The summed E-state index contributed by atoms with van der Waals surface area (Å²) in [5, 5.41) is 6.34. The molecule has 1 amide bonds. The summed E-state index contributed by atoms with van der Waals surface area (Å²) in [5.41, 5.74) is 4.58. The lowest BCUT2D eigenvalue weighted by atomic mass is 9.80. The number of rotatable bonds is 9. The number of aromatic nitrogens is 1. The monoisotopic (exact) mass is 600 g/mol. The van der Waals surface area contributed by atoms with Gasteiger partial charge in [0.15, 0.2) is 0 Å². The summed E-state index contributed by atoms with van der Waals surface area (Å²) < 4.78 is 8.75. The van der Waals surface area contributed by atoms with Crippen molar-refractivity contribution in [2.45, 2.75) is 76.6 Å². The average molecular weight is 601 g/mol. The van der Waals surface area contributed by atoms with Gasteiger partial charge in [0.2, 0.25) is 0 Å². The Balaban J connectivity index is 1.03. The summed E-state index contributed by atoms with van der Waals surface area (Å²) in [6.45, 7) is 6.73. The zero-order valence-corrected chi connectivity index (χ0v) is 26.6. The molecule has 0 unspecified atom stereocenters. The zero-order valence-electron chi connectivity index (χ0n) is 25.9. The highest BCUT2D eigenvalue weighted by molar-refractivity contribution is 6.32. The fourth-order valence-corrected chi connectivity index (χ4v) is 7.46. The van der Waals surface area contributed by atoms with Gasteiger partial charge in [0, 0.05) is 65.6 Å². The summed E-state index contributed by atoms with van der Waals surface area (Å²) in [5.74, 6) is 0.581. The number of nitrogens with zero attached hydrogens (tertiary/aromatic N) is 3. The molecule has 3 aromatic carbocycles. The third kappa shape index (κ3) is 6.29. The number of likely N-dealkylation sites (N-methyl/N-ethyl adjacent to an activating group) is 1. The largest absolute Gasteiger partial charge is 0.489 e. The van der Waals surface area contributed by atoms with Crippen LogP contribution >= 0.6 is 11.6 Å². The number of benzene rings is 3. The Kier molecular flexibility index (Phi) is 8.99. The first-order valence-electron chi connectivity index (χ1n) is 16.0. The number of piperidine rings is 1. The van der Waals surface area contributed by atoms with Crippen molar-refractivity contribution in [3.63, 3.8) is 0 Å². The molecule has 0 radical (unpaired) electrons. The molecule has 2 fully saturated rings. The third-order valence-corrected chi connectivity index (χ3v) is 10.2. The third-order valence-electron chi connectivity index (χ3n) is 9.89. The van der Waals surface area contributed by atoms with Crippen LogP contribution in [0, 0.1) is 0 Å². The molecule has 43 heavy (non-hydrogen) atoms. The first-order valence-corrected chi connectivity index (χ1v) is 16.4. The van der Waals surface area contributed by atoms with E-state index >= 15 is 0 Å². The standard InChI is InChI=1S/C36H45ClN4O2/c1-4-41-32-11-7-6-10-29(32)30-22-26(12-14-33(30)41)24-40-20-16-28(17-21-40)43-34-15-13-27(23-31(34)37)35(42)38-25-36(39(2)3)18-8-5-9-19-36/h6-7,10-15,22-23,28H,4-5,8-9,16-21,24-25H2,1-3H3,(H,38,42). The molecule has 6 rings (SSSR count). The summed E-state index contributed by atoms with van der Waals surface area (Å²) in [6, 6.07) is 21.1. The number of nitrogens with one attached hydrogen (secondary N) is 1. The molecule has 6 nitrogen and oxygen atoms in total. The van der Waals surface area contributed by atoms with Gasteiger partial charge in [-0.1, -0.05) is 55.1 Å². The lowest BCUT2D eigenvalue weighted by Gasteiger charge is -2.43. The second-order valence-corrected chi connectivity index (χ2v) is 13.1. The zero-order chi connectivity index (χ0) is 30.0. The molecule has 1 saturated carbocycles. The van der Waals surface area contributed by atoms with Gasteiger partial charge in [0.1, 0.15) is 11.9 Å². The van der Waals surface area contributed by atoms with Crippen molar-refractivity contribution < 1.29 is 9.53 Å². The maximum atomic E-state index is 13.0. The van der Waals surface area contributed by atoms with Gasteiger partial charge in [-0.2, -0.15) is 0 Å². The van der Waals surface area contributed by atoms with Crippen molar-refractivity contribution in [3.8, 4) is 5.75 Å². The van der Waals surface area contributed by atoms with Crippen LogP contribution in [0.1, 0.15) is 67.8 Å². The van der Waals surface area contributed by atoms with E-state index in [9.17, 15) is 4.79 Å². The van der Waals surface area contributed by atoms with E-state index in [0.29, 0.717) is 22.9 Å². The van der Waals surface area contributed by atoms with E-state index in [1.54, 1.807) is 6.07 Å². The summed E-state index contributed by atoms with van der Waals surface area (Å²) >= 11 is 6.63. The normalized spacial score (nSPS) is 18.0. The van der Waals surface area contributed by atoms with Crippen LogP contribution < -0.4 is 10.1 Å². The molecule has 2 heterocycles. The number of amides is 1. The van der Waals surface area contributed by atoms with Gasteiger partial charge in [0.25, 0.3) is 5.91 Å². The summed E-state index contributed by atoms with van der Waals surface area (Å²) in [7, 11) is 4.24. The molecule has 0 atom stereocenters. The van der Waals surface area contributed by atoms with Crippen LogP contribution in [0.2, 0.25) is 5.02 Å². The van der Waals surface area contributed by atoms with Crippen LogP contribution in [0.5, 0.6) is 5.75 Å². The second-order valence-electron chi connectivity index (χ2n) is 12.7. The number of ether oxygens (including phenoxy) is 1. The Morgan fingerprint density at radius 3 is 2.44 bits per heavy atom. The minimum Gasteiger partial charge on any atom is -0.489 e. The van der Waals surface area contributed by atoms with Crippen molar-refractivity contribution >= 4 is 39.3 Å². The minimum absolute atomic E-state index is 0.0395. The van der Waals surface area contributed by atoms with Crippen molar-refractivity contribution in [1.82, 2.24) is 19.7 Å². The number of fused-ring (bicyclic) bond motifs is 3. The number of para-hydroxylation sites is 1. The van der Waals surface area contributed by atoms with Gasteiger partial charge >= 0.3 is 0 Å². The van der Waals surface area contributed by atoms with Crippen LogP contribution in [0.3, 0.4) is 0 Å². The van der Waals surface area contributed by atoms with Crippen LogP contribution in [0.15, 0.2) is 60.7 Å². The van der Waals surface area contributed by atoms with E-state index < -0.39 is 0 Å². The average Bonchev–Trinajstić information content (AvgIpc) is 3.35. The van der Waals surface area contributed by atoms with E-state index in [0.717, 1.165) is 51.9 Å². The van der Waals surface area contributed by atoms with Crippen molar-refractivity contribution in [1.29, 1.82) is 0 Å². The molecule has 2 aliphatic rings. The highest BCUT2D eigenvalue weighted by Gasteiger charge is 2.34. The number of carbonyl (C=O) groups excluding carboxylic acids is 1. The predicted molar refractivity (Wildman–Crippen MR) is 177 cm³/mol. The molecule has 1 N–H and O–H groups in total. The number of aryl methyl sites for hydroxylation is 1. The Morgan fingerprint density at radius 1 is 0.977 bits per heavy atom. The van der Waals surface area contributed by atoms with E-state index in [2.05, 4.69) is 83.2 Å². The van der Waals surface area contributed by atoms with Gasteiger partial charge in [-0.3, -0.25) is 9.69 Å². The first kappa shape index (κ1) is 30.0. The van der Waals surface area contributed by atoms with Crippen molar-refractivity contribution in [2.75, 3.05) is 33.7 Å². The number of halogens is 1. The smallest absolute Gasteiger partial charge is 0.251 e. The number of hydrogen-bond donors (Lipinski definition) is 1. The van der Waals surface area contributed by atoms with E-state index in [-0.39, 0.29) is 17.6 Å². The molecular formula is C36H45ClN4O2. The number of carbonyl (C=O) groups is 1. The lowest BCUT2D eigenvalue weighted by Crippen LogP contribution is -2.53. The number of likely N-dealkylation sites (tertiary alicyclic amines) is 1. The Morgan fingerprint density at radius 2 is 1.72 bits per heavy atom. The number of hydrogen-bond acceptors (Lipinski definition) is 4. The van der Waals surface area contributed by atoms with Gasteiger partial charge in [-0.25, -0.2) is 0 Å². The van der Waals surface area contributed by atoms with Gasteiger partial charge < -0.3 is 19.5 Å². The van der Waals surface area contributed by atoms with Gasteiger partial charge in [-0.05, 0) is 88.7 Å². The fourth-order valence-electron chi connectivity index (χ4n) is 7.24. The molecular weight excluding hydrogens is 556 g/mol. The highest BCUT2D eigenvalue weighted by Crippen LogP contribution is 2.33. The maximum Gasteiger partial charge on any atom is 0.251 e. The van der Waals surface area contributed by atoms with Gasteiger partial charge in [-0.15, -0.1) is 0 Å².